The zero-order valence-electron chi connectivity index (χ0n) is 13.0. The van der Waals surface area contributed by atoms with Gasteiger partial charge in [0.05, 0.1) is 13.2 Å². The van der Waals surface area contributed by atoms with E-state index < -0.39 is 0 Å². The number of methoxy groups -OCH3 is 1. The van der Waals surface area contributed by atoms with Crippen LogP contribution in [0.3, 0.4) is 0 Å². The molecule has 0 bridgehead atoms. The maximum absolute atomic E-state index is 11.9. The number of hydrogen-bond donors (Lipinski definition) is 2. The third-order valence-electron chi connectivity index (χ3n) is 3.35. The van der Waals surface area contributed by atoms with Gasteiger partial charge in [0.15, 0.2) is 0 Å². The number of carbonyl (C=O) groups is 1. The summed E-state index contributed by atoms with van der Waals surface area (Å²) in [4.78, 5) is 11.9. The Morgan fingerprint density at radius 1 is 1.17 bits per heavy atom. The van der Waals surface area contributed by atoms with E-state index in [2.05, 4.69) is 26.6 Å². The van der Waals surface area contributed by atoms with E-state index in [1.165, 1.54) is 0 Å². The quantitative estimate of drug-likeness (QED) is 0.809. The van der Waals surface area contributed by atoms with E-state index in [0.29, 0.717) is 0 Å². The summed E-state index contributed by atoms with van der Waals surface area (Å²) in [6.07, 6.45) is 3.46. The first-order valence-electron chi connectivity index (χ1n) is 7.22. The summed E-state index contributed by atoms with van der Waals surface area (Å²) in [5.41, 5.74) is 2.01. The highest BCUT2D eigenvalue weighted by molar-refractivity contribution is 9.10. The summed E-state index contributed by atoms with van der Waals surface area (Å²) in [5.74, 6) is 0.793. The molecule has 5 heteroatoms. The van der Waals surface area contributed by atoms with Gasteiger partial charge in [-0.3, -0.25) is 0 Å². The molecule has 120 valence electrons. The fourth-order valence-electron chi connectivity index (χ4n) is 2.03. The van der Waals surface area contributed by atoms with E-state index in [-0.39, 0.29) is 12.1 Å². The standard InChI is InChI=1S/C18H19BrN2O2/c1-13(14-7-9-16(23-2)10-8-14)21-18(22)20-12-11-15-5-3-4-6-17(15)19/h3-13H,1-2H3,(H2,20,21,22)/b12-11+. The molecule has 2 aromatic rings. The van der Waals surface area contributed by atoms with Crippen LogP contribution in [0.2, 0.25) is 0 Å². The summed E-state index contributed by atoms with van der Waals surface area (Å²) in [5, 5.41) is 5.59. The van der Waals surface area contributed by atoms with E-state index in [1.807, 2.05) is 61.5 Å². The van der Waals surface area contributed by atoms with E-state index >= 15 is 0 Å². The molecule has 4 nitrogen and oxygen atoms in total. The minimum absolute atomic E-state index is 0.0993. The van der Waals surface area contributed by atoms with Crippen molar-refractivity contribution in [3.8, 4) is 5.75 Å². The van der Waals surface area contributed by atoms with E-state index in [1.54, 1.807) is 13.3 Å². The molecular weight excluding hydrogens is 356 g/mol. The zero-order valence-corrected chi connectivity index (χ0v) is 14.6. The van der Waals surface area contributed by atoms with Crippen LogP contribution < -0.4 is 15.4 Å². The van der Waals surface area contributed by atoms with Gasteiger partial charge < -0.3 is 15.4 Å². The Balaban J connectivity index is 1.87. The van der Waals surface area contributed by atoms with Gasteiger partial charge in [0.25, 0.3) is 0 Å². The molecule has 0 aromatic heterocycles. The van der Waals surface area contributed by atoms with Crippen LogP contribution >= 0.6 is 15.9 Å². The van der Waals surface area contributed by atoms with E-state index in [0.717, 1.165) is 21.3 Å². The minimum Gasteiger partial charge on any atom is -0.497 e. The first-order valence-corrected chi connectivity index (χ1v) is 8.01. The van der Waals surface area contributed by atoms with Gasteiger partial charge in [0, 0.05) is 10.7 Å². The fourth-order valence-corrected chi connectivity index (χ4v) is 2.45. The molecule has 0 saturated heterocycles. The van der Waals surface area contributed by atoms with Crippen molar-refractivity contribution < 1.29 is 9.53 Å². The fraction of sp³-hybridized carbons (Fsp3) is 0.167. The smallest absolute Gasteiger partial charge is 0.319 e. The van der Waals surface area contributed by atoms with Crippen LogP contribution in [0, 0.1) is 0 Å². The monoisotopic (exact) mass is 374 g/mol. The molecule has 0 fully saturated rings. The van der Waals surface area contributed by atoms with Crippen LogP contribution in [-0.2, 0) is 0 Å². The van der Waals surface area contributed by atoms with Gasteiger partial charge in [-0.25, -0.2) is 4.79 Å². The number of amides is 2. The summed E-state index contributed by atoms with van der Waals surface area (Å²) in [7, 11) is 1.63. The number of carbonyl (C=O) groups excluding carboxylic acids is 1. The average molecular weight is 375 g/mol. The number of nitrogens with one attached hydrogen (secondary N) is 2. The van der Waals surface area contributed by atoms with Gasteiger partial charge in [-0.2, -0.15) is 0 Å². The largest absolute Gasteiger partial charge is 0.497 e. The van der Waals surface area contributed by atoms with E-state index in [4.69, 9.17) is 4.74 Å². The van der Waals surface area contributed by atoms with Crippen molar-refractivity contribution in [1.29, 1.82) is 0 Å². The topological polar surface area (TPSA) is 50.4 Å². The predicted octanol–water partition coefficient (Wildman–Crippen LogP) is 4.49. The lowest BCUT2D eigenvalue weighted by atomic mass is 10.1. The van der Waals surface area contributed by atoms with Gasteiger partial charge in [0.1, 0.15) is 5.75 Å². The van der Waals surface area contributed by atoms with Gasteiger partial charge in [0.2, 0.25) is 0 Å². The highest BCUT2D eigenvalue weighted by atomic mass is 79.9. The lowest BCUT2D eigenvalue weighted by molar-refractivity contribution is 0.241. The van der Waals surface area contributed by atoms with Gasteiger partial charge in [-0.15, -0.1) is 0 Å². The summed E-state index contributed by atoms with van der Waals surface area (Å²) in [6, 6.07) is 15.0. The Kier molecular flexibility index (Phi) is 6.23. The lowest BCUT2D eigenvalue weighted by Gasteiger charge is -2.14. The van der Waals surface area contributed by atoms with Crippen molar-refractivity contribution in [3.05, 3.63) is 70.3 Å². The van der Waals surface area contributed by atoms with Crippen LogP contribution in [0.25, 0.3) is 6.08 Å². The van der Waals surface area contributed by atoms with Gasteiger partial charge in [-0.05, 0) is 42.3 Å². The second-order valence-corrected chi connectivity index (χ2v) is 5.82. The molecule has 0 aliphatic carbocycles. The second kappa shape index (κ2) is 8.39. The molecule has 1 atom stereocenters. The Morgan fingerprint density at radius 2 is 1.87 bits per heavy atom. The summed E-state index contributed by atoms with van der Waals surface area (Å²) >= 11 is 3.46. The number of ether oxygens (including phenoxy) is 1. The molecule has 2 amide bonds. The average Bonchev–Trinajstić information content (AvgIpc) is 2.56. The predicted molar refractivity (Wildman–Crippen MR) is 96.3 cm³/mol. The lowest BCUT2D eigenvalue weighted by Crippen LogP contribution is -2.34. The van der Waals surface area contributed by atoms with Crippen LogP contribution in [0.15, 0.2) is 59.2 Å². The van der Waals surface area contributed by atoms with Crippen molar-refractivity contribution in [3.63, 3.8) is 0 Å². The van der Waals surface area contributed by atoms with Crippen molar-refractivity contribution in [2.75, 3.05) is 7.11 Å². The van der Waals surface area contributed by atoms with Crippen LogP contribution in [-0.4, -0.2) is 13.1 Å². The molecule has 0 heterocycles. The first-order chi connectivity index (χ1) is 11.1. The van der Waals surface area contributed by atoms with Crippen molar-refractivity contribution in [2.45, 2.75) is 13.0 Å². The highest BCUT2D eigenvalue weighted by Crippen LogP contribution is 2.18. The highest BCUT2D eigenvalue weighted by Gasteiger charge is 2.08. The second-order valence-electron chi connectivity index (χ2n) is 4.97. The summed E-state index contributed by atoms with van der Waals surface area (Å²) in [6.45, 7) is 1.93. The molecule has 0 spiro atoms. The van der Waals surface area contributed by atoms with Crippen LogP contribution in [0.4, 0.5) is 4.79 Å². The van der Waals surface area contributed by atoms with Gasteiger partial charge in [-0.1, -0.05) is 46.3 Å². The SMILES string of the molecule is COc1ccc(C(C)NC(=O)N/C=C/c2ccccc2Br)cc1. The van der Waals surface area contributed by atoms with Crippen molar-refractivity contribution in [2.24, 2.45) is 0 Å². The molecular formula is C18H19BrN2O2. The molecule has 0 aliphatic heterocycles. The minimum atomic E-state index is -0.253. The molecule has 1 unspecified atom stereocenters. The maximum Gasteiger partial charge on any atom is 0.319 e. The van der Waals surface area contributed by atoms with E-state index in [9.17, 15) is 4.79 Å². The number of hydrogen-bond acceptors (Lipinski definition) is 2. The Bertz CT molecular complexity index is 684. The van der Waals surface area contributed by atoms with Crippen molar-refractivity contribution in [1.82, 2.24) is 10.6 Å². The third kappa shape index (κ3) is 5.14. The Labute approximate surface area is 144 Å². The molecule has 2 rings (SSSR count). The zero-order chi connectivity index (χ0) is 16.7. The van der Waals surface area contributed by atoms with Crippen LogP contribution in [0.5, 0.6) is 5.75 Å². The first kappa shape index (κ1) is 17.1. The van der Waals surface area contributed by atoms with Crippen molar-refractivity contribution >= 4 is 28.0 Å². The third-order valence-corrected chi connectivity index (χ3v) is 4.07. The molecule has 2 aromatic carbocycles. The summed E-state index contributed by atoms with van der Waals surface area (Å²) < 4.78 is 6.10. The number of rotatable bonds is 5. The Hall–Kier alpha value is -2.27. The number of benzene rings is 2. The number of halogens is 1. The van der Waals surface area contributed by atoms with Gasteiger partial charge >= 0.3 is 6.03 Å². The molecule has 0 aliphatic rings. The molecule has 0 radical (unpaired) electrons. The maximum atomic E-state index is 11.9. The molecule has 2 N–H and O–H groups in total. The normalized spacial score (nSPS) is 12.0. The molecule has 23 heavy (non-hydrogen) atoms. The molecule has 0 saturated carbocycles. The number of urea groups is 1. The Morgan fingerprint density at radius 3 is 2.52 bits per heavy atom. The van der Waals surface area contributed by atoms with Crippen LogP contribution in [0.1, 0.15) is 24.1 Å².